The lowest BCUT2D eigenvalue weighted by Crippen LogP contribution is -2.28. The van der Waals surface area contributed by atoms with E-state index in [2.05, 4.69) is 40.4 Å². The summed E-state index contributed by atoms with van der Waals surface area (Å²) in [4.78, 5) is 33.7. The Morgan fingerprint density at radius 1 is 1.03 bits per heavy atom. The maximum absolute atomic E-state index is 13.9. The van der Waals surface area contributed by atoms with E-state index in [9.17, 15) is 9.18 Å². The molecule has 0 spiro atoms. The first-order valence-electron chi connectivity index (χ1n) is 12.3. The molecule has 0 saturated heterocycles. The molecule has 0 atom stereocenters. The fraction of sp³-hybridized carbons (Fsp3) is 0.143. The van der Waals surface area contributed by atoms with E-state index in [1.165, 1.54) is 12.1 Å². The zero-order valence-corrected chi connectivity index (χ0v) is 20.1. The molecule has 5 heterocycles. The fourth-order valence-corrected chi connectivity index (χ4v) is 4.74. The molecule has 10 heteroatoms. The van der Waals surface area contributed by atoms with Gasteiger partial charge in [-0.15, -0.1) is 0 Å². The number of halogens is 1. The minimum Gasteiger partial charge on any atom is -0.335 e. The number of nitrogens with zero attached hydrogens (tertiary/aromatic N) is 5. The average Bonchev–Trinajstić information content (AvgIpc) is 3.51. The molecule has 186 valence electrons. The lowest BCUT2D eigenvalue weighted by molar-refractivity contribution is -0.122. The van der Waals surface area contributed by atoms with Gasteiger partial charge in [0.2, 0.25) is 5.91 Å². The van der Waals surface area contributed by atoms with Crippen molar-refractivity contribution < 1.29 is 9.18 Å². The van der Waals surface area contributed by atoms with Crippen LogP contribution in [-0.4, -0.2) is 41.0 Å². The number of benzene rings is 1. The second-order valence-electron chi connectivity index (χ2n) is 9.42. The van der Waals surface area contributed by atoms with Crippen LogP contribution in [0.25, 0.3) is 56.0 Å². The van der Waals surface area contributed by atoms with E-state index >= 15 is 0 Å². The summed E-state index contributed by atoms with van der Waals surface area (Å²) in [5.74, 6) is 0.333. The number of anilines is 1. The van der Waals surface area contributed by atoms with Crippen LogP contribution >= 0.6 is 0 Å². The van der Waals surface area contributed by atoms with Crippen molar-refractivity contribution in [1.29, 1.82) is 0 Å². The first-order valence-corrected chi connectivity index (χ1v) is 12.3. The van der Waals surface area contributed by atoms with Gasteiger partial charge in [0.15, 0.2) is 11.5 Å². The molecule has 0 unspecified atom stereocenters. The quantitative estimate of drug-likeness (QED) is 0.285. The van der Waals surface area contributed by atoms with E-state index in [1.807, 2.05) is 24.3 Å². The molecule has 1 aliphatic rings. The number of rotatable bonds is 5. The smallest absolute Gasteiger partial charge is 0.227 e. The second kappa shape index (κ2) is 8.84. The van der Waals surface area contributed by atoms with E-state index < -0.39 is 0 Å². The highest BCUT2D eigenvalue weighted by Crippen LogP contribution is 2.33. The van der Waals surface area contributed by atoms with Gasteiger partial charge in [-0.2, -0.15) is 5.10 Å². The number of fused-ring (bicyclic) bond motifs is 2. The normalized spacial score (nSPS) is 13.6. The highest BCUT2D eigenvalue weighted by atomic mass is 19.1. The maximum atomic E-state index is 13.9. The molecule has 9 nitrogen and oxygen atoms in total. The van der Waals surface area contributed by atoms with Crippen LogP contribution in [0.1, 0.15) is 19.3 Å². The van der Waals surface area contributed by atoms with Crippen molar-refractivity contribution in [3.05, 3.63) is 73.1 Å². The summed E-state index contributed by atoms with van der Waals surface area (Å²) in [6.45, 7) is 0. The van der Waals surface area contributed by atoms with Gasteiger partial charge in [-0.05, 0) is 48.7 Å². The van der Waals surface area contributed by atoms with Gasteiger partial charge >= 0.3 is 0 Å². The first-order chi connectivity index (χ1) is 18.6. The van der Waals surface area contributed by atoms with Gasteiger partial charge in [0, 0.05) is 34.8 Å². The van der Waals surface area contributed by atoms with Crippen molar-refractivity contribution >= 4 is 33.7 Å². The Balaban J connectivity index is 1.26. The van der Waals surface area contributed by atoms with Gasteiger partial charge in [0.05, 0.1) is 34.8 Å². The number of imidazole rings is 1. The van der Waals surface area contributed by atoms with Crippen molar-refractivity contribution in [2.45, 2.75) is 19.3 Å². The highest BCUT2D eigenvalue weighted by molar-refractivity contribution is 5.97. The van der Waals surface area contributed by atoms with E-state index in [4.69, 9.17) is 0 Å². The van der Waals surface area contributed by atoms with Crippen LogP contribution in [0.4, 0.5) is 10.1 Å². The van der Waals surface area contributed by atoms with E-state index in [0.717, 1.165) is 46.9 Å². The molecule has 1 aromatic carbocycles. The molecule has 5 aromatic heterocycles. The Bertz CT molecular complexity index is 1840. The number of hydrogen-bond donors (Lipinski definition) is 3. The molecule has 0 bridgehead atoms. The predicted molar refractivity (Wildman–Crippen MR) is 141 cm³/mol. The number of nitrogens with one attached hydrogen (secondary N) is 3. The topological polar surface area (TPSA) is 125 Å². The van der Waals surface area contributed by atoms with Crippen LogP contribution in [0, 0.1) is 11.7 Å². The lowest BCUT2D eigenvalue weighted by Gasteiger charge is -2.24. The largest absolute Gasteiger partial charge is 0.335 e. The number of carbonyl (C=O) groups is 1. The van der Waals surface area contributed by atoms with Gasteiger partial charge < -0.3 is 10.3 Å². The molecule has 3 N–H and O–H groups in total. The second-order valence-corrected chi connectivity index (χ2v) is 9.42. The number of aromatic amines is 2. The molecule has 0 radical (unpaired) electrons. The number of carbonyl (C=O) groups excluding carboxylic acids is 1. The Hall–Kier alpha value is -4.99. The molecular formula is C28H21FN8O. The predicted octanol–water partition coefficient (Wildman–Crippen LogP) is 5.50. The summed E-state index contributed by atoms with van der Waals surface area (Å²) in [5, 5.41) is 11.3. The van der Waals surface area contributed by atoms with Gasteiger partial charge in [0.1, 0.15) is 11.5 Å². The molecule has 1 amide bonds. The molecule has 6 aromatic rings. The molecular weight excluding hydrogens is 483 g/mol. The Labute approximate surface area is 215 Å². The minimum atomic E-state index is -0.313. The van der Waals surface area contributed by atoms with Gasteiger partial charge in [-0.3, -0.25) is 19.9 Å². The van der Waals surface area contributed by atoms with Crippen LogP contribution in [0.15, 0.2) is 67.3 Å². The summed E-state index contributed by atoms with van der Waals surface area (Å²) in [6.07, 6.45) is 9.67. The third-order valence-corrected chi connectivity index (χ3v) is 6.98. The first kappa shape index (κ1) is 22.2. The summed E-state index contributed by atoms with van der Waals surface area (Å²) >= 11 is 0. The van der Waals surface area contributed by atoms with Crippen molar-refractivity contribution in [3.63, 3.8) is 0 Å². The number of hydrogen-bond acceptors (Lipinski definition) is 6. The maximum Gasteiger partial charge on any atom is 0.227 e. The minimum absolute atomic E-state index is 0.0341. The van der Waals surface area contributed by atoms with Crippen molar-refractivity contribution in [2.75, 3.05) is 5.32 Å². The van der Waals surface area contributed by atoms with E-state index in [0.29, 0.717) is 34.1 Å². The summed E-state index contributed by atoms with van der Waals surface area (Å²) in [6, 6.07) is 12.0. The molecule has 1 fully saturated rings. The SMILES string of the molecule is O=C(Nc1cncc(-c2cc3c(-c4nc5nccc(-c6cccc(F)c6)c5[nH]4)n[nH]c3cn2)c1)C1CCC1. The number of pyridine rings is 3. The van der Waals surface area contributed by atoms with Crippen molar-refractivity contribution in [1.82, 2.24) is 35.1 Å². The Kier molecular flexibility index (Phi) is 5.17. The molecule has 1 aliphatic carbocycles. The van der Waals surface area contributed by atoms with E-state index in [-0.39, 0.29) is 17.6 Å². The summed E-state index contributed by atoms with van der Waals surface area (Å²) in [7, 11) is 0. The van der Waals surface area contributed by atoms with Crippen molar-refractivity contribution in [3.8, 4) is 33.9 Å². The molecule has 0 aliphatic heterocycles. The van der Waals surface area contributed by atoms with Crippen LogP contribution in [0.5, 0.6) is 0 Å². The molecule has 38 heavy (non-hydrogen) atoms. The third-order valence-electron chi connectivity index (χ3n) is 6.98. The number of H-pyrrole nitrogens is 2. The zero-order valence-electron chi connectivity index (χ0n) is 20.1. The third kappa shape index (κ3) is 3.86. The standard InChI is InChI=1S/C28H21FN8O/c29-18-6-2-5-16(9-18)20-7-8-31-26-24(20)34-27(35-26)25-21-11-22(32-14-23(21)36-37-25)17-10-19(13-30-12-17)33-28(38)15-3-1-4-15/h2,5-15H,1,3-4H2,(H,33,38)(H,36,37)(H,31,34,35). The summed E-state index contributed by atoms with van der Waals surface area (Å²) < 4.78 is 13.9. The van der Waals surface area contributed by atoms with Crippen molar-refractivity contribution in [2.24, 2.45) is 5.92 Å². The zero-order chi connectivity index (χ0) is 25.6. The molecule has 7 rings (SSSR count). The van der Waals surface area contributed by atoms with Crippen LogP contribution in [-0.2, 0) is 4.79 Å². The number of aromatic nitrogens is 7. The Morgan fingerprint density at radius 2 is 1.95 bits per heavy atom. The van der Waals surface area contributed by atoms with Crippen LogP contribution in [0.3, 0.4) is 0 Å². The lowest BCUT2D eigenvalue weighted by atomic mass is 9.85. The number of amides is 1. The summed E-state index contributed by atoms with van der Waals surface area (Å²) in [5.41, 5.74) is 6.15. The van der Waals surface area contributed by atoms with Gasteiger partial charge in [-0.25, -0.2) is 14.4 Å². The molecule has 1 saturated carbocycles. The van der Waals surface area contributed by atoms with Gasteiger partial charge in [-0.1, -0.05) is 18.6 Å². The van der Waals surface area contributed by atoms with E-state index in [1.54, 1.807) is 30.9 Å². The highest BCUT2D eigenvalue weighted by Gasteiger charge is 2.25. The average molecular weight is 505 g/mol. The van der Waals surface area contributed by atoms with Gasteiger partial charge in [0.25, 0.3) is 0 Å². The van der Waals surface area contributed by atoms with Crippen LogP contribution < -0.4 is 5.32 Å². The Morgan fingerprint density at radius 3 is 2.79 bits per heavy atom. The fourth-order valence-electron chi connectivity index (χ4n) is 4.74. The monoisotopic (exact) mass is 504 g/mol. The van der Waals surface area contributed by atoms with Crippen LogP contribution in [0.2, 0.25) is 0 Å².